The van der Waals surface area contributed by atoms with Crippen molar-refractivity contribution in [3.05, 3.63) is 28.8 Å². The summed E-state index contributed by atoms with van der Waals surface area (Å²) >= 11 is 0. The Balaban J connectivity index is 1.42. The quantitative estimate of drug-likeness (QED) is 0.894. The van der Waals surface area contributed by atoms with Crippen LogP contribution in [0.15, 0.2) is 12.1 Å². The van der Waals surface area contributed by atoms with Crippen LogP contribution < -0.4 is 4.74 Å². The molecular formula is C20H30N2O3. The molecule has 0 amide bonds. The summed E-state index contributed by atoms with van der Waals surface area (Å²) in [4.78, 5) is 4.94. The number of aliphatic hydroxyl groups is 1. The molecule has 138 valence electrons. The third-order valence-corrected chi connectivity index (χ3v) is 6.00. The molecule has 0 spiro atoms. The fourth-order valence-corrected chi connectivity index (χ4v) is 4.57. The van der Waals surface area contributed by atoms with E-state index in [4.69, 9.17) is 9.47 Å². The largest absolute Gasteiger partial charge is 0.496 e. The Morgan fingerprint density at radius 3 is 2.68 bits per heavy atom. The van der Waals surface area contributed by atoms with Crippen molar-refractivity contribution in [3.8, 4) is 5.75 Å². The van der Waals surface area contributed by atoms with Crippen molar-refractivity contribution in [2.75, 3.05) is 46.5 Å². The molecule has 1 aromatic rings. The molecule has 0 aromatic heterocycles. The van der Waals surface area contributed by atoms with Gasteiger partial charge in [-0.1, -0.05) is 6.07 Å². The number of methoxy groups -OCH3 is 1. The van der Waals surface area contributed by atoms with E-state index in [1.807, 2.05) is 0 Å². The third-order valence-electron chi connectivity index (χ3n) is 6.00. The fourth-order valence-electron chi connectivity index (χ4n) is 4.57. The van der Waals surface area contributed by atoms with Gasteiger partial charge in [0.1, 0.15) is 5.75 Å². The fraction of sp³-hybridized carbons (Fsp3) is 0.700. The smallest absolute Gasteiger partial charge is 0.123 e. The molecule has 3 aliphatic rings. The number of fused-ring (bicyclic) bond motifs is 1. The number of hydrogen-bond donors (Lipinski definition) is 1. The molecule has 2 heterocycles. The number of hydrogen-bond acceptors (Lipinski definition) is 5. The van der Waals surface area contributed by atoms with Crippen LogP contribution in [0.1, 0.15) is 29.5 Å². The van der Waals surface area contributed by atoms with Crippen molar-refractivity contribution in [2.45, 2.75) is 44.4 Å². The molecule has 2 atom stereocenters. The first-order valence-electron chi connectivity index (χ1n) is 9.65. The third kappa shape index (κ3) is 3.70. The molecule has 5 heteroatoms. The lowest BCUT2D eigenvalue weighted by Gasteiger charge is -2.28. The summed E-state index contributed by atoms with van der Waals surface area (Å²) in [5.74, 6) is 1.04. The van der Waals surface area contributed by atoms with Gasteiger partial charge in [-0.3, -0.25) is 9.80 Å². The minimum Gasteiger partial charge on any atom is -0.496 e. The van der Waals surface area contributed by atoms with Gasteiger partial charge in [0.25, 0.3) is 0 Å². The summed E-state index contributed by atoms with van der Waals surface area (Å²) in [5.41, 5.74) is 4.30. The Bertz CT molecular complexity index is 607. The molecule has 4 rings (SSSR count). The number of aryl methyl sites for hydroxylation is 2. The second-order valence-corrected chi connectivity index (χ2v) is 7.62. The van der Waals surface area contributed by atoms with E-state index in [2.05, 4.69) is 21.9 Å². The van der Waals surface area contributed by atoms with Gasteiger partial charge in [-0.15, -0.1) is 0 Å². The van der Waals surface area contributed by atoms with E-state index in [1.54, 1.807) is 7.11 Å². The van der Waals surface area contributed by atoms with Gasteiger partial charge in [-0.25, -0.2) is 0 Å². The Morgan fingerprint density at radius 1 is 1.08 bits per heavy atom. The Kier molecular flexibility index (Phi) is 5.27. The molecule has 1 aromatic carbocycles. The molecule has 2 fully saturated rings. The summed E-state index contributed by atoms with van der Waals surface area (Å²) in [6.45, 7) is 6.27. The van der Waals surface area contributed by atoms with Gasteiger partial charge < -0.3 is 14.6 Å². The van der Waals surface area contributed by atoms with Crippen LogP contribution in [0.2, 0.25) is 0 Å². The number of aliphatic hydroxyl groups excluding tert-OH is 1. The number of rotatable bonds is 4. The van der Waals surface area contributed by atoms with Crippen LogP contribution in [-0.2, 0) is 24.1 Å². The van der Waals surface area contributed by atoms with E-state index in [1.165, 1.54) is 36.0 Å². The zero-order chi connectivity index (χ0) is 17.2. The van der Waals surface area contributed by atoms with Crippen LogP contribution in [-0.4, -0.2) is 73.6 Å². The molecule has 0 saturated carbocycles. The molecule has 0 radical (unpaired) electrons. The minimum absolute atomic E-state index is 0.175. The van der Waals surface area contributed by atoms with E-state index in [-0.39, 0.29) is 12.1 Å². The van der Waals surface area contributed by atoms with E-state index in [0.717, 1.165) is 44.9 Å². The van der Waals surface area contributed by atoms with Gasteiger partial charge in [-0.05, 0) is 56.0 Å². The van der Waals surface area contributed by atoms with E-state index < -0.39 is 0 Å². The number of benzene rings is 1. The van der Waals surface area contributed by atoms with Gasteiger partial charge >= 0.3 is 0 Å². The predicted molar refractivity (Wildman–Crippen MR) is 97.1 cm³/mol. The average Bonchev–Trinajstić information content (AvgIpc) is 3.18. The normalized spacial score (nSPS) is 28.1. The van der Waals surface area contributed by atoms with Crippen LogP contribution in [0.4, 0.5) is 0 Å². The maximum atomic E-state index is 10.1. The van der Waals surface area contributed by atoms with E-state index in [9.17, 15) is 5.11 Å². The van der Waals surface area contributed by atoms with Gasteiger partial charge in [0, 0.05) is 25.2 Å². The molecule has 2 saturated heterocycles. The van der Waals surface area contributed by atoms with Crippen molar-refractivity contribution in [1.82, 2.24) is 9.80 Å². The predicted octanol–water partition coefficient (Wildman–Crippen LogP) is 1.45. The highest BCUT2D eigenvalue weighted by atomic mass is 16.5. The summed E-state index contributed by atoms with van der Waals surface area (Å²) in [7, 11) is 1.78. The first-order chi connectivity index (χ1) is 12.2. The highest BCUT2D eigenvalue weighted by Crippen LogP contribution is 2.31. The summed E-state index contributed by atoms with van der Waals surface area (Å²) in [5, 5.41) is 10.1. The molecule has 0 bridgehead atoms. The van der Waals surface area contributed by atoms with Crippen molar-refractivity contribution >= 4 is 0 Å². The summed E-state index contributed by atoms with van der Waals surface area (Å²) in [6.07, 6.45) is 4.47. The lowest BCUT2D eigenvalue weighted by atomic mass is 10.0. The summed E-state index contributed by atoms with van der Waals surface area (Å²) < 4.78 is 11.1. The molecule has 1 aliphatic carbocycles. The van der Waals surface area contributed by atoms with Crippen molar-refractivity contribution < 1.29 is 14.6 Å². The standard InChI is InChI=1S/C20H30N2O3/c1-24-20-11-16-5-2-4-15(16)10-17(20)12-21-6-3-7-22(9-8-21)18-13-25-14-19(18)23/h10-11,18-19,23H,2-9,12-14H2,1H3/t18-,19-/m1/s1. The van der Waals surface area contributed by atoms with E-state index >= 15 is 0 Å². The Labute approximate surface area is 150 Å². The van der Waals surface area contributed by atoms with Crippen LogP contribution in [0.25, 0.3) is 0 Å². The Morgan fingerprint density at radius 2 is 1.92 bits per heavy atom. The average molecular weight is 346 g/mol. The highest BCUT2D eigenvalue weighted by molar-refractivity contribution is 5.44. The van der Waals surface area contributed by atoms with Crippen molar-refractivity contribution in [1.29, 1.82) is 0 Å². The van der Waals surface area contributed by atoms with Crippen LogP contribution in [0, 0.1) is 0 Å². The molecular weight excluding hydrogens is 316 g/mol. The Hall–Kier alpha value is -1.14. The van der Waals surface area contributed by atoms with Gasteiger partial charge in [0.15, 0.2) is 0 Å². The highest BCUT2D eigenvalue weighted by Gasteiger charge is 2.32. The summed E-state index contributed by atoms with van der Waals surface area (Å²) in [6, 6.07) is 4.81. The molecule has 25 heavy (non-hydrogen) atoms. The van der Waals surface area contributed by atoms with Gasteiger partial charge in [0.05, 0.1) is 32.5 Å². The van der Waals surface area contributed by atoms with Crippen molar-refractivity contribution in [2.24, 2.45) is 0 Å². The molecule has 0 unspecified atom stereocenters. The molecule has 2 aliphatic heterocycles. The second-order valence-electron chi connectivity index (χ2n) is 7.62. The molecule has 1 N–H and O–H groups in total. The maximum absolute atomic E-state index is 10.1. The van der Waals surface area contributed by atoms with Gasteiger partial charge in [0.2, 0.25) is 0 Å². The number of nitrogens with zero attached hydrogens (tertiary/aromatic N) is 2. The van der Waals surface area contributed by atoms with Crippen LogP contribution in [0.3, 0.4) is 0 Å². The van der Waals surface area contributed by atoms with Crippen molar-refractivity contribution in [3.63, 3.8) is 0 Å². The topological polar surface area (TPSA) is 45.2 Å². The lowest BCUT2D eigenvalue weighted by Crippen LogP contribution is -2.44. The van der Waals surface area contributed by atoms with E-state index in [0.29, 0.717) is 13.2 Å². The second kappa shape index (κ2) is 7.62. The zero-order valence-corrected chi connectivity index (χ0v) is 15.2. The van der Waals surface area contributed by atoms with Crippen LogP contribution in [0.5, 0.6) is 5.75 Å². The van der Waals surface area contributed by atoms with Crippen LogP contribution >= 0.6 is 0 Å². The molecule has 5 nitrogen and oxygen atoms in total. The monoisotopic (exact) mass is 346 g/mol. The minimum atomic E-state index is -0.330. The number of ether oxygens (including phenoxy) is 2. The first-order valence-corrected chi connectivity index (χ1v) is 9.65. The SMILES string of the molecule is COc1cc2c(cc1CN1CCCN([C@@H]3COC[C@H]3O)CC1)CCC2. The zero-order valence-electron chi connectivity index (χ0n) is 15.2. The maximum Gasteiger partial charge on any atom is 0.123 e. The lowest BCUT2D eigenvalue weighted by molar-refractivity contribution is 0.0837. The van der Waals surface area contributed by atoms with Gasteiger partial charge in [-0.2, -0.15) is 0 Å². The first kappa shape index (κ1) is 17.3.